The molecule has 0 radical (unpaired) electrons. The van der Waals surface area contributed by atoms with Crippen molar-refractivity contribution in [3.8, 4) is 0 Å². The fourth-order valence-electron chi connectivity index (χ4n) is 1.34. The van der Waals surface area contributed by atoms with Crippen molar-refractivity contribution < 1.29 is 9.53 Å². The van der Waals surface area contributed by atoms with E-state index in [9.17, 15) is 4.79 Å². The molecule has 0 unspecified atom stereocenters. The summed E-state index contributed by atoms with van der Waals surface area (Å²) in [6.07, 6.45) is 1.36. The number of aromatic nitrogens is 1. The summed E-state index contributed by atoms with van der Waals surface area (Å²) in [6, 6.07) is 3.84. The van der Waals surface area contributed by atoms with Crippen LogP contribution in [-0.2, 0) is 4.74 Å². The van der Waals surface area contributed by atoms with Crippen LogP contribution in [0.4, 0.5) is 10.5 Å². The molecular weight excluding hydrogens is 230 g/mol. The van der Waals surface area contributed by atoms with Crippen LogP contribution in [0.15, 0.2) is 18.3 Å². The van der Waals surface area contributed by atoms with Gasteiger partial charge in [-0.2, -0.15) is 0 Å². The number of rotatable bonds is 4. The number of carbonyl (C=O) groups is 1. The van der Waals surface area contributed by atoms with E-state index < -0.39 is 11.7 Å². The van der Waals surface area contributed by atoms with E-state index in [0.717, 1.165) is 11.4 Å². The lowest BCUT2D eigenvalue weighted by atomic mass is 10.2. The third-order valence-electron chi connectivity index (χ3n) is 2.02. The van der Waals surface area contributed by atoms with Gasteiger partial charge in [0.2, 0.25) is 0 Å². The second-order valence-corrected chi connectivity index (χ2v) is 5.04. The second-order valence-electron chi connectivity index (χ2n) is 5.04. The Labute approximate surface area is 108 Å². The minimum absolute atomic E-state index is 0.393. The third kappa shape index (κ3) is 6.08. The Morgan fingerprint density at radius 1 is 1.39 bits per heavy atom. The quantitative estimate of drug-likeness (QED) is 0.806. The van der Waals surface area contributed by atoms with Crippen LogP contribution < -0.4 is 10.6 Å². The van der Waals surface area contributed by atoms with Gasteiger partial charge in [-0.3, -0.25) is 4.98 Å². The van der Waals surface area contributed by atoms with E-state index in [1.807, 2.05) is 39.8 Å². The Morgan fingerprint density at radius 3 is 2.72 bits per heavy atom. The maximum absolute atomic E-state index is 11.4. The fraction of sp³-hybridized carbons (Fsp3) is 0.538. The highest BCUT2D eigenvalue weighted by molar-refractivity contribution is 5.67. The molecule has 0 saturated heterocycles. The fourth-order valence-corrected chi connectivity index (χ4v) is 1.34. The number of nitrogens with zero attached hydrogens (tertiary/aromatic N) is 1. The monoisotopic (exact) mass is 251 g/mol. The van der Waals surface area contributed by atoms with Crippen LogP contribution in [0.1, 0.15) is 26.5 Å². The van der Waals surface area contributed by atoms with Crippen molar-refractivity contribution >= 4 is 11.8 Å². The van der Waals surface area contributed by atoms with E-state index in [4.69, 9.17) is 4.74 Å². The molecule has 0 saturated carbocycles. The number of aryl methyl sites for hydroxylation is 1. The summed E-state index contributed by atoms with van der Waals surface area (Å²) in [5.74, 6) is 0. The van der Waals surface area contributed by atoms with Crippen LogP contribution >= 0.6 is 0 Å². The number of amides is 1. The van der Waals surface area contributed by atoms with Crippen LogP contribution in [0, 0.1) is 6.92 Å². The number of alkyl carbamates (subject to hydrolysis) is 1. The lowest BCUT2D eigenvalue weighted by molar-refractivity contribution is 0.0530. The highest BCUT2D eigenvalue weighted by Crippen LogP contribution is 2.07. The minimum Gasteiger partial charge on any atom is -0.444 e. The summed E-state index contributed by atoms with van der Waals surface area (Å²) < 4.78 is 5.12. The van der Waals surface area contributed by atoms with Gasteiger partial charge in [0, 0.05) is 30.7 Å². The van der Waals surface area contributed by atoms with Gasteiger partial charge < -0.3 is 15.4 Å². The molecule has 0 aliphatic rings. The number of ether oxygens (including phenoxy) is 1. The molecule has 5 heteroatoms. The van der Waals surface area contributed by atoms with Crippen LogP contribution in [0.5, 0.6) is 0 Å². The molecule has 1 rings (SSSR count). The van der Waals surface area contributed by atoms with Crippen molar-refractivity contribution in [3.63, 3.8) is 0 Å². The minimum atomic E-state index is -0.459. The molecule has 0 atom stereocenters. The summed E-state index contributed by atoms with van der Waals surface area (Å²) >= 11 is 0. The molecule has 5 nitrogen and oxygen atoms in total. The van der Waals surface area contributed by atoms with Gasteiger partial charge in [-0.25, -0.2) is 4.79 Å². The van der Waals surface area contributed by atoms with Gasteiger partial charge in [-0.1, -0.05) is 0 Å². The molecule has 18 heavy (non-hydrogen) atoms. The van der Waals surface area contributed by atoms with Gasteiger partial charge in [0.15, 0.2) is 0 Å². The van der Waals surface area contributed by atoms with Crippen molar-refractivity contribution in [2.45, 2.75) is 33.3 Å². The zero-order valence-corrected chi connectivity index (χ0v) is 11.4. The normalized spacial score (nSPS) is 10.9. The molecule has 0 aromatic carbocycles. The van der Waals surface area contributed by atoms with Crippen LogP contribution in [0.3, 0.4) is 0 Å². The topological polar surface area (TPSA) is 63.2 Å². The molecule has 0 aliphatic heterocycles. The number of hydrogen-bond donors (Lipinski definition) is 2. The molecule has 1 aromatic rings. The van der Waals surface area contributed by atoms with Crippen LogP contribution in [0.2, 0.25) is 0 Å². The van der Waals surface area contributed by atoms with Gasteiger partial charge >= 0.3 is 6.09 Å². The van der Waals surface area contributed by atoms with Gasteiger partial charge in [0.1, 0.15) is 5.60 Å². The van der Waals surface area contributed by atoms with Crippen molar-refractivity contribution in [1.82, 2.24) is 10.3 Å². The second kappa shape index (κ2) is 6.23. The van der Waals surface area contributed by atoms with Gasteiger partial charge in [-0.05, 0) is 39.8 Å². The van der Waals surface area contributed by atoms with E-state index in [2.05, 4.69) is 15.6 Å². The summed E-state index contributed by atoms with van der Waals surface area (Å²) in [5, 5.41) is 5.88. The highest BCUT2D eigenvalue weighted by Gasteiger charge is 2.15. The predicted molar refractivity (Wildman–Crippen MR) is 71.7 cm³/mol. The lowest BCUT2D eigenvalue weighted by Gasteiger charge is -2.19. The van der Waals surface area contributed by atoms with E-state index in [0.29, 0.717) is 13.1 Å². The summed E-state index contributed by atoms with van der Waals surface area (Å²) in [7, 11) is 0. The Balaban J connectivity index is 2.21. The molecule has 0 spiro atoms. The Bertz CT molecular complexity index is 399. The number of anilines is 1. The first-order valence-electron chi connectivity index (χ1n) is 6.00. The first-order chi connectivity index (χ1) is 8.37. The lowest BCUT2D eigenvalue weighted by Crippen LogP contribution is -2.34. The highest BCUT2D eigenvalue weighted by atomic mass is 16.6. The Morgan fingerprint density at radius 2 is 2.11 bits per heavy atom. The first kappa shape index (κ1) is 14.3. The third-order valence-corrected chi connectivity index (χ3v) is 2.02. The zero-order valence-electron chi connectivity index (χ0n) is 11.4. The predicted octanol–water partition coefficient (Wildman–Crippen LogP) is 2.33. The number of nitrogens with one attached hydrogen (secondary N) is 2. The van der Waals surface area contributed by atoms with Gasteiger partial charge in [0.25, 0.3) is 0 Å². The van der Waals surface area contributed by atoms with E-state index >= 15 is 0 Å². The van der Waals surface area contributed by atoms with Crippen LogP contribution in [0.25, 0.3) is 0 Å². The molecule has 0 bridgehead atoms. The number of carbonyl (C=O) groups excluding carboxylic acids is 1. The Kier molecular flexibility index (Phi) is 4.95. The zero-order chi connectivity index (χ0) is 13.6. The standard InChI is InChI=1S/C13H21N3O2/c1-10-9-11(5-6-14-10)15-7-8-16-12(17)18-13(2,3)4/h5-6,9H,7-8H2,1-4H3,(H,14,15)(H,16,17). The average Bonchev–Trinajstić information content (AvgIpc) is 2.22. The molecule has 1 aromatic heterocycles. The largest absolute Gasteiger partial charge is 0.444 e. The van der Waals surface area contributed by atoms with Crippen molar-refractivity contribution in [1.29, 1.82) is 0 Å². The number of hydrogen-bond acceptors (Lipinski definition) is 4. The summed E-state index contributed by atoms with van der Waals surface area (Å²) in [6.45, 7) is 8.60. The molecule has 0 fully saturated rings. The van der Waals surface area contributed by atoms with E-state index in [1.54, 1.807) is 6.20 Å². The molecule has 100 valence electrons. The van der Waals surface area contributed by atoms with Crippen molar-refractivity contribution in [2.24, 2.45) is 0 Å². The molecule has 0 aliphatic carbocycles. The molecule has 1 heterocycles. The average molecular weight is 251 g/mol. The molecular formula is C13H21N3O2. The van der Waals surface area contributed by atoms with Crippen molar-refractivity contribution in [3.05, 3.63) is 24.0 Å². The number of pyridine rings is 1. The molecule has 1 amide bonds. The van der Waals surface area contributed by atoms with Crippen molar-refractivity contribution in [2.75, 3.05) is 18.4 Å². The van der Waals surface area contributed by atoms with E-state index in [1.165, 1.54) is 0 Å². The maximum Gasteiger partial charge on any atom is 0.407 e. The van der Waals surface area contributed by atoms with E-state index in [-0.39, 0.29) is 0 Å². The summed E-state index contributed by atoms with van der Waals surface area (Å²) in [5.41, 5.74) is 1.49. The smallest absolute Gasteiger partial charge is 0.407 e. The Hall–Kier alpha value is -1.78. The van der Waals surface area contributed by atoms with Gasteiger partial charge in [-0.15, -0.1) is 0 Å². The SMILES string of the molecule is Cc1cc(NCCNC(=O)OC(C)(C)C)ccn1. The van der Waals surface area contributed by atoms with Gasteiger partial charge in [0.05, 0.1) is 0 Å². The molecule has 2 N–H and O–H groups in total. The van der Waals surface area contributed by atoms with Crippen LogP contribution in [-0.4, -0.2) is 29.8 Å². The maximum atomic E-state index is 11.4. The first-order valence-corrected chi connectivity index (χ1v) is 6.00. The summed E-state index contributed by atoms with van der Waals surface area (Å²) in [4.78, 5) is 15.5.